The van der Waals surface area contributed by atoms with E-state index in [0.717, 1.165) is 23.0 Å². The van der Waals surface area contributed by atoms with Crippen LogP contribution in [0.5, 0.6) is 0 Å². The summed E-state index contributed by atoms with van der Waals surface area (Å²) in [6.45, 7) is 2.09. The minimum absolute atomic E-state index is 0.00526. The maximum atomic E-state index is 12.6. The van der Waals surface area contributed by atoms with Gasteiger partial charge in [0.25, 0.3) is 0 Å². The Balaban J connectivity index is 1.72. The zero-order valence-electron chi connectivity index (χ0n) is 14.0. The number of alkyl halides is 3. The van der Waals surface area contributed by atoms with Gasteiger partial charge in [-0.1, -0.05) is 42.4 Å². The largest absolute Gasteiger partial charge is 0.452 e. The van der Waals surface area contributed by atoms with Gasteiger partial charge in [0.15, 0.2) is 0 Å². The monoisotopic (exact) mass is 416 g/mol. The summed E-state index contributed by atoms with van der Waals surface area (Å²) in [6, 6.07) is 12.9. The number of hydrogen-bond donors (Lipinski definition) is 1. The molecule has 0 spiro atoms. The van der Waals surface area contributed by atoms with E-state index in [1.807, 2.05) is 37.3 Å². The molecule has 2 aromatic heterocycles. The Kier molecular flexibility index (Phi) is 5.41. The fourth-order valence-corrected chi connectivity index (χ4v) is 4.77. The van der Waals surface area contributed by atoms with Crippen molar-refractivity contribution >= 4 is 21.4 Å². The van der Waals surface area contributed by atoms with Gasteiger partial charge in [-0.05, 0) is 23.6 Å². The van der Waals surface area contributed by atoms with Crippen LogP contribution in [0.4, 0.5) is 13.2 Å². The lowest BCUT2D eigenvalue weighted by Gasteiger charge is -2.12. The van der Waals surface area contributed by atoms with Crippen molar-refractivity contribution in [1.82, 2.24) is 9.88 Å². The van der Waals surface area contributed by atoms with E-state index in [9.17, 15) is 21.6 Å². The highest BCUT2D eigenvalue weighted by molar-refractivity contribution is 7.91. The van der Waals surface area contributed by atoms with Crippen molar-refractivity contribution in [3.63, 3.8) is 0 Å². The predicted molar refractivity (Wildman–Crippen MR) is 94.9 cm³/mol. The van der Waals surface area contributed by atoms with Gasteiger partial charge in [0.05, 0.1) is 4.88 Å². The number of benzene rings is 1. The first-order chi connectivity index (χ1) is 12.7. The highest BCUT2D eigenvalue weighted by atomic mass is 32.2. The standard InChI is InChI=1S/C17H15F3N2O3S2/c1-11(12-5-3-2-4-6-12)10-21-27(23,24)16-8-7-14(26-16)13-9-15(25-22-13)17(18,19)20/h2-9,11,21H,10H2,1H3/t11-/m1/s1. The second kappa shape index (κ2) is 7.45. The second-order valence-electron chi connectivity index (χ2n) is 5.86. The third-order valence-electron chi connectivity index (χ3n) is 3.84. The Morgan fingerprint density at radius 1 is 1.19 bits per heavy atom. The Morgan fingerprint density at radius 3 is 2.52 bits per heavy atom. The zero-order chi connectivity index (χ0) is 19.7. The molecule has 0 fully saturated rings. The Labute approximate surface area is 157 Å². The highest BCUT2D eigenvalue weighted by Gasteiger charge is 2.36. The van der Waals surface area contributed by atoms with Crippen LogP contribution in [-0.2, 0) is 16.2 Å². The number of sulfonamides is 1. The molecule has 1 N–H and O–H groups in total. The average Bonchev–Trinajstić information content (AvgIpc) is 3.29. The van der Waals surface area contributed by atoms with E-state index < -0.39 is 22.0 Å². The fourth-order valence-electron chi connectivity index (χ4n) is 2.33. The molecule has 0 aliphatic rings. The number of rotatable bonds is 6. The van der Waals surface area contributed by atoms with Gasteiger partial charge in [0.2, 0.25) is 15.8 Å². The van der Waals surface area contributed by atoms with Crippen LogP contribution in [0, 0.1) is 0 Å². The van der Waals surface area contributed by atoms with Gasteiger partial charge in [-0.2, -0.15) is 13.2 Å². The Bertz CT molecular complexity index is 1010. The molecule has 0 unspecified atom stereocenters. The number of thiophene rings is 1. The number of hydrogen-bond acceptors (Lipinski definition) is 5. The van der Waals surface area contributed by atoms with Gasteiger partial charge in [0, 0.05) is 12.6 Å². The molecule has 0 aliphatic heterocycles. The molecule has 144 valence electrons. The van der Waals surface area contributed by atoms with Crippen molar-refractivity contribution in [2.45, 2.75) is 23.2 Å². The van der Waals surface area contributed by atoms with Gasteiger partial charge >= 0.3 is 6.18 Å². The molecule has 1 atom stereocenters. The molecule has 0 bridgehead atoms. The fraction of sp³-hybridized carbons (Fsp3) is 0.235. The van der Waals surface area contributed by atoms with Crippen molar-refractivity contribution < 1.29 is 26.1 Å². The highest BCUT2D eigenvalue weighted by Crippen LogP contribution is 2.35. The van der Waals surface area contributed by atoms with E-state index in [2.05, 4.69) is 14.4 Å². The van der Waals surface area contributed by atoms with E-state index in [1.54, 1.807) is 0 Å². The summed E-state index contributed by atoms with van der Waals surface area (Å²) in [4.78, 5) is 0.269. The topological polar surface area (TPSA) is 72.2 Å². The Hall–Kier alpha value is -2.17. The van der Waals surface area contributed by atoms with Crippen LogP contribution in [0.2, 0.25) is 0 Å². The summed E-state index contributed by atoms with van der Waals surface area (Å²) in [5, 5.41) is 3.36. The minimum Gasteiger partial charge on any atom is -0.351 e. The van der Waals surface area contributed by atoms with Crippen molar-refractivity contribution in [1.29, 1.82) is 0 Å². The lowest BCUT2D eigenvalue weighted by atomic mass is 10.0. The first-order valence-corrected chi connectivity index (χ1v) is 10.2. The summed E-state index contributed by atoms with van der Waals surface area (Å²) in [5.41, 5.74) is 0.931. The number of halogens is 3. The van der Waals surface area contributed by atoms with Crippen molar-refractivity contribution in [2.24, 2.45) is 0 Å². The van der Waals surface area contributed by atoms with E-state index >= 15 is 0 Å². The average molecular weight is 416 g/mol. The molecule has 0 saturated heterocycles. The third kappa shape index (κ3) is 4.57. The quantitative estimate of drug-likeness (QED) is 0.642. The van der Waals surface area contributed by atoms with Gasteiger partial charge in [-0.3, -0.25) is 0 Å². The molecule has 5 nitrogen and oxygen atoms in total. The summed E-state index contributed by atoms with van der Waals surface area (Å²) >= 11 is 0.824. The predicted octanol–water partition coefficient (Wildman–Crippen LogP) is 4.50. The second-order valence-corrected chi connectivity index (χ2v) is 8.93. The molecule has 2 heterocycles. The van der Waals surface area contributed by atoms with E-state index in [1.165, 1.54) is 12.1 Å². The Morgan fingerprint density at radius 2 is 1.89 bits per heavy atom. The van der Waals surface area contributed by atoms with Crippen LogP contribution >= 0.6 is 11.3 Å². The van der Waals surface area contributed by atoms with E-state index in [4.69, 9.17) is 0 Å². The zero-order valence-corrected chi connectivity index (χ0v) is 15.7. The molecule has 0 aliphatic carbocycles. The molecular weight excluding hydrogens is 401 g/mol. The first-order valence-electron chi connectivity index (χ1n) is 7.85. The summed E-state index contributed by atoms with van der Waals surface area (Å²) in [5.74, 6) is -1.27. The molecule has 0 radical (unpaired) electrons. The number of aromatic nitrogens is 1. The van der Waals surface area contributed by atoms with Gasteiger partial charge in [-0.25, -0.2) is 13.1 Å². The summed E-state index contributed by atoms with van der Waals surface area (Å²) in [7, 11) is -3.78. The third-order valence-corrected chi connectivity index (χ3v) is 6.86. The van der Waals surface area contributed by atoms with E-state index in [0.29, 0.717) is 0 Å². The van der Waals surface area contributed by atoms with Crippen molar-refractivity contribution in [2.75, 3.05) is 6.54 Å². The lowest BCUT2D eigenvalue weighted by molar-refractivity contribution is -0.155. The SMILES string of the molecule is C[C@H](CNS(=O)(=O)c1ccc(-c2cc(C(F)(F)F)on2)s1)c1ccccc1. The molecule has 3 rings (SSSR count). The number of nitrogens with one attached hydrogen (secondary N) is 1. The minimum atomic E-state index is -4.65. The maximum Gasteiger partial charge on any atom is 0.452 e. The molecule has 10 heteroatoms. The van der Waals surface area contributed by atoms with Crippen molar-refractivity contribution in [3.05, 3.63) is 59.9 Å². The molecule has 3 aromatic rings. The van der Waals surface area contributed by atoms with Gasteiger partial charge in [-0.15, -0.1) is 11.3 Å². The molecule has 0 amide bonds. The normalized spacial score (nSPS) is 13.6. The van der Waals surface area contributed by atoms with Crippen molar-refractivity contribution in [3.8, 4) is 10.6 Å². The van der Waals surface area contributed by atoms with Crippen LogP contribution in [-0.4, -0.2) is 20.1 Å². The van der Waals surface area contributed by atoms with Crippen LogP contribution in [0.3, 0.4) is 0 Å². The van der Waals surface area contributed by atoms with E-state index in [-0.39, 0.29) is 27.2 Å². The molecule has 0 saturated carbocycles. The van der Waals surface area contributed by atoms with Gasteiger partial charge in [0.1, 0.15) is 9.90 Å². The van der Waals surface area contributed by atoms with Crippen LogP contribution < -0.4 is 4.72 Å². The molecule has 1 aromatic carbocycles. The summed E-state index contributed by atoms with van der Waals surface area (Å²) < 4.78 is 69.5. The van der Waals surface area contributed by atoms with Crippen LogP contribution in [0.1, 0.15) is 24.2 Å². The summed E-state index contributed by atoms with van der Waals surface area (Å²) in [6.07, 6.45) is -4.65. The van der Waals surface area contributed by atoms with Crippen LogP contribution in [0.15, 0.2) is 57.3 Å². The smallest absolute Gasteiger partial charge is 0.351 e. The molecular formula is C17H15F3N2O3S2. The van der Waals surface area contributed by atoms with Crippen LogP contribution in [0.25, 0.3) is 10.6 Å². The maximum absolute atomic E-state index is 12.6. The molecule has 27 heavy (non-hydrogen) atoms. The first kappa shape index (κ1) is 19.6. The number of nitrogens with zero attached hydrogens (tertiary/aromatic N) is 1. The van der Waals surface area contributed by atoms with Gasteiger partial charge < -0.3 is 4.52 Å². The lowest BCUT2D eigenvalue weighted by Crippen LogP contribution is -2.27.